The molecule has 0 aliphatic carbocycles. The number of hydrogen-bond donors (Lipinski definition) is 1. The Morgan fingerprint density at radius 1 is 1.00 bits per heavy atom. The van der Waals surface area contributed by atoms with Crippen LogP contribution in [0.25, 0.3) is 0 Å². The fourth-order valence-corrected chi connectivity index (χ4v) is 2.28. The second-order valence-electron chi connectivity index (χ2n) is 4.92. The van der Waals surface area contributed by atoms with Crippen LogP contribution in [0.3, 0.4) is 0 Å². The van der Waals surface area contributed by atoms with Crippen molar-refractivity contribution in [1.82, 2.24) is 0 Å². The maximum atomic E-state index is 6.27. The van der Waals surface area contributed by atoms with E-state index in [2.05, 4.69) is 69.4 Å². The van der Waals surface area contributed by atoms with E-state index in [0.29, 0.717) is 0 Å². The lowest BCUT2D eigenvalue weighted by atomic mass is 9.99. The molecule has 0 radical (unpaired) electrons. The third kappa shape index (κ3) is 3.82. The fraction of sp³-hybridized carbons (Fsp3) is 0.250. The number of hydrogen-bond acceptors (Lipinski definition) is 2. The van der Waals surface area contributed by atoms with Crippen molar-refractivity contribution >= 4 is 21.6 Å². The van der Waals surface area contributed by atoms with E-state index in [9.17, 15) is 0 Å². The van der Waals surface area contributed by atoms with Gasteiger partial charge in [-0.3, -0.25) is 0 Å². The summed E-state index contributed by atoms with van der Waals surface area (Å²) in [5.41, 5.74) is 9.89. The molecule has 2 nitrogen and oxygen atoms in total. The second-order valence-corrected chi connectivity index (χ2v) is 5.84. The minimum absolute atomic E-state index is 0.0392. The van der Waals surface area contributed by atoms with Crippen molar-refractivity contribution in [2.75, 3.05) is 19.0 Å². The van der Waals surface area contributed by atoms with Gasteiger partial charge in [-0.1, -0.05) is 40.2 Å². The molecule has 0 bridgehead atoms. The van der Waals surface area contributed by atoms with Crippen LogP contribution in [0.1, 0.15) is 17.2 Å². The average Bonchev–Trinajstić information content (AvgIpc) is 2.41. The average molecular weight is 319 g/mol. The molecule has 2 aromatic rings. The summed E-state index contributed by atoms with van der Waals surface area (Å²) < 4.78 is 1.10. The van der Waals surface area contributed by atoms with E-state index < -0.39 is 0 Å². The van der Waals surface area contributed by atoms with Crippen LogP contribution in [0, 0.1) is 0 Å². The Bertz CT molecular complexity index is 517. The molecule has 2 aromatic carbocycles. The molecule has 0 saturated carbocycles. The van der Waals surface area contributed by atoms with Crippen LogP contribution in [0.2, 0.25) is 0 Å². The van der Waals surface area contributed by atoms with Gasteiger partial charge in [0, 0.05) is 30.3 Å². The summed E-state index contributed by atoms with van der Waals surface area (Å²) in [5, 5.41) is 0. The van der Waals surface area contributed by atoms with Crippen LogP contribution in [-0.2, 0) is 6.42 Å². The summed E-state index contributed by atoms with van der Waals surface area (Å²) in [7, 11) is 4.08. The molecular formula is C16H19BrN2. The molecule has 2 rings (SSSR count). The van der Waals surface area contributed by atoms with E-state index in [4.69, 9.17) is 5.73 Å². The summed E-state index contributed by atoms with van der Waals surface area (Å²) in [6.45, 7) is 0. The zero-order valence-electron chi connectivity index (χ0n) is 11.3. The van der Waals surface area contributed by atoms with Crippen LogP contribution in [-0.4, -0.2) is 14.1 Å². The topological polar surface area (TPSA) is 29.3 Å². The van der Waals surface area contributed by atoms with Gasteiger partial charge < -0.3 is 10.6 Å². The van der Waals surface area contributed by atoms with Gasteiger partial charge >= 0.3 is 0 Å². The van der Waals surface area contributed by atoms with Crippen LogP contribution >= 0.6 is 15.9 Å². The Labute approximate surface area is 123 Å². The van der Waals surface area contributed by atoms with Crippen molar-refractivity contribution in [2.24, 2.45) is 5.73 Å². The van der Waals surface area contributed by atoms with Crippen LogP contribution < -0.4 is 10.6 Å². The normalized spacial score (nSPS) is 12.2. The van der Waals surface area contributed by atoms with Gasteiger partial charge in [0.05, 0.1) is 0 Å². The lowest BCUT2D eigenvalue weighted by Crippen LogP contribution is -2.14. The van der Waals surface area contributed by atoms with E-state index in [1.807, 2.05) is 14.1 Å². The first-order valence-electron chi connectivity index (χ1n) is 6.33. The van der Waals surface area contributed by atoms with Gasteiger partial charge in [0.25, 0.3) is 0 Å². The highest BCUT2D eigenvalue weighted by atomic mass is 79.9. The number of benzene rings is 2. The van der Waals surface area contributed by atoms with E-state index in [1.165, 1.54) is 16.8 Å². The summed E-state index contributed by atoms with van der Waals surface area (Å²) in [6.07, 6.45) is 0.856. The molecule has 1 atom stereocenters. The van der Waals surface area contributed by atoms with Gasteiger partial charge in [-0.25, -0.2) is 0 Å². The number of nitrogens with two attached hydrogens (primary N) is 1. The largest absolute Gasteiger partial charge is 0.378 e. The molecule has 0 aromatic heterocycles. The first-order chi connectivity index (χ1) is 9.06. The van der Waals surface area contributed by atoms with Crippen molar-refractivity contribution in [3.05, 3.63) is 64.1 Å². The van der Waals surface area contributed by atoms with Gasteiger partial charge in [0.15, 0.2) is 0 Å². The Morgan fingerprint density at radius 2 is 1.58 bits per heavy atom. The summed E-state index contributed by atoms with van der Waals surface area (Å²) in [6, 6.07) is 16.8. The Hall–Kier alpha value is -1.32. The second kappa shape index (κ2) is 6.22. The summed E-state index contributed by atoms with van der Waals surface area (Å²) in [4.78, 5) is 2.09. The van der Waals surface area contributed by atoms with Gasteiger partial charge in [-0.2, -0.15) is 0 Å². The van der Waals surface area contributed by atoms with E-state index in [1.54, 1.807) is 0 Å². The van der Waals surface area contributed by atoms with Crippen molar-refractivity contribution in [2.45, 2.75) is 12.5 Å². The highest BCUT2D eigenvalue weighted by Gasteiger charge is 2.07. The molecule has 19 heavy (non-hydrogen) atoms. The quantitative estimate of drug-likeness (QED) is 0.930. The van der Waals surface area contributed by atoms with E-state index >= 15 is 0 Å². The maximum Gasteiger partial charge on any atom is 0.0361 e. The minimum Gasteiger partial charge on any atom is -0.378 e. The Morgan fingerprint density at radius 3 is 2.11 bits per heavy atom. The Balaban J connectivity index is 2.07. The first-order valence-corrected chi connectivity index (χ1v) is 7.13. The lowest BCUT2D eigenvalue weighted by Gasteiger charge is -2.16. The zero-order valence-corrected chi connectivity index (χ0v) is 12.9. The molecular weight excluding hydrogens is 300 g/mol. The zero-order chi connectivity index (χ0) is 13.8. The van der Waals surface area contributed by atoms with Crippen LogP contribution in [0.5, 0.6) is 0 Å². The standard InChI is InChI=1S/C16H19BrN2/c1-19(2)15-9-5-13(6-10-15)16(18)11-12-3-7-14(17)8-4-12/h3-10,16H,11,18H2,1-2H3. The van der Waals surface area contributed by atoms with Crippen molar-refractivity contribution in [3.63, 3.8) is 0 Å². The lowest BCUT2D eigenvalue weighted by molar-refractivity contribution is 0.722. The van der Waals surface area contributed by atoms with E-state index in [-0.39, 0.29) is 6.04 Å². The molecule has 3 heteroatoms. The number of halogens is 1. The summed E-state index contributed by atoms with van der Waals surface area (Å²) in [5.74, 6) is 0. The van der Waals surface area contributed by atoms with Crippen molar-refractivity contribution in [3.8, 4) is 0 Å². The van der Waals surface area contributed by atoms with Crippen molar-refractivity contribution in [1.29, 1.82) is 0 Å². The molecule has 0 saturated heterocycles. The smallest absolute Gasteiger partial charge is 0.0361 e. The van der Waals surface area contributed by atoms with Crippen molar-refractivity contribution < 1.29 is 0 Å². The minimum atomic E-state index is 0.0392. The molecule has 0 amide bonds. The molecule has 0 fully saturated rings. The van der Waals surface area contributed by atoms with Crippen LogP contribution in [0.4, 0.5) is 5.69 Å². The Kier molecular flexibility index (Phi) is 4.61. The third-order valence-corrected chi connectivity index (χ3v) is 3.74. The van der Waals surface area contributed by atoms with Crippen LogP contribution in [0.15, 0.2) is 53.0 Å². The molecule has 1 unspecified atom stereocenters. The summed E-state index contributed by atoms with van der Waals surface area (Å²) >= 11 is 3.44. The van der Waals surface area contributed by atoms with Gasteiger partial charge in [0.2, 0.25) is 0 Å². The molecule has 0 spiro atoms. The molecule has 0 aliphatic heterocycles. The molecule has 100 valence electrons. The first kappa shape index (κ1) is 14.1. The molecule has 0 aliphatic rings. The van der Waals surface area contributed by atoms with Gasteiger partial charge in [-0.15, -0.1) is 0 Å². The number of anilines is 1. The maximum absolute atomic E-state index is 6.27. The monoisotopic (exact) mass is 318 g/mol. The highest BCUT2D eigenvalue weighted by molar-refractivity contribution is 9.10. The highest BCUT2D eigenvalue weighted by Crippen LogP contribution is 2.20. The number of rotatable bonds is 4. The predicted molar refractivity (Wildman–Crippen MR) is 85.5 cm³/mol. The number of nitrogens with zero attached hydrogens (tertiary/aromatic N) is 1. The van der Waals surface area contributed by atoms with Gasteiger partial charge in [-0.05, 0) is 41.8 Å². The SMILES string of the molecule is CN(C)c1ccc(C(N)Cc2ccc(Br)cc2)cc1. The van der Waals surface area contributed by atoms with E-state index in [0.717, 1.165) is 10.9 Å². The fourth-order valence-electron chi connectivity index (χ4n) is 2.01. The molecule has 0 heterocycles. The third-order valence-electron chi connectivity index (χ3n) is 3.21. The molecule has 2 N–H and O–H groups in total. The predicted octanol–water partition coefficient (Wildman–Crippen LogP) is 3.76. The van der Waals surface area contributed by atoms with Gasteiger partial charge in [0.1, 0.15) is 0 Å².